The van der Waals surface area contributed by atoms with Crippen molar-refractivity contribution in [3.63, 3.8) is 0 Å². The number of hydrogen-bond acceptors (Lipinski definition) is 5. The molecule has 2 unspecified atom stereocenters. The zero-order valence-electron chi connectivity index (χ0n) is 19.7. The first-order valence-electron chi connectivity index (χ1n) is 11.8. The summed E-state index contributed by atoms with van der Waals surface area (Å²) in [7, 11) is -3.81. The maximum Gasteiger partial charge on any atom is 0.416 e. The molecule has 194 valence electrons. The van der Waals surface area contributed by atoms with Crippen molar-refractivity contribution in [2.24, 2.45) is 5.92 Å². The van der Waals surface area contributed by atoms with Crippen LogP contribution < -0.4 is 0 Å². The number of halogens is 3. The van der Waals surface area contributed by atoms with Crippen LogP contribution in [0.4, 0.5) is 13.2 Å². The molecule has 0 bridgehead atoms. The fraction of sp³-hybridized carbons (Fsp3) is 0.423. The number of piperazine rings is 1. The Kier molecular flexibility index (Phi) is 7.59. The van der Waals surface area contributed by atoms with Gasteiger partial charge in [0.05, 0.1) is 16.4 Å². The zero-order chi connectivity index (χ0) is 26.1. The Hall–Kier alpha value is -2.69. The van der Waals surface area contributed by atoms with Crippen molar-refractivity contribution in [3.8, 4) is 0 Å². The maximum atomic E-state index is 13.6. The highest BCUT2D eigenvalue weighted by molar-refractivity contribution is 7.92. The van der Waals surface area contributed by atoms with Crippen LogP contribution in [0.2, 0.25) is 0 Å². The zero-order valence-corrected chi connectivity index (χ0v) is 20.6. The predicted octanol–water partition coefficient (Wildman–Crippen LogP) is 3.65. The Labute approximate surface area is 208 Å². The van der Waals surface area contributed by atoms with E-state index in [1.807, 2.05) is 4.90 Å². The molecule has 1 aliphatic carbocycles. The van der Waals surface area contributed by atoms with Crippen LogP contribution >= 0.6 is 0 Å². The number of carbonyl (C=O) groups is 1. The fourth-order valence-corrected chi connectivity index (χ4v) is 6.99. The van der Waals surface area contributed by atoms with Crippen LogP contribution in [0.1, 0.15) is 22.3 Å². The molecule has 2 aromatic carbocycles. The second-order valence-corrected chi connectivity index (χ2v) is 11.3. The van der Waals surface area contributed by atoms with E-state index in [1.165, 1.54) is 18.2 Å². The van der Waals surface area contributed by atoms with Crippen LogP contribution in [0.3, 0.4) is 0 Å². The van der Waals surface area contributed by atoms with Gasteiger partial charge in [0.2, 0.25) is 0 Å². The van der Waals surface area contributed by atoms with Crippen LogP contribution in [0.25, 0.3) is 0 Å². The van der Waals surface area contributed by atoms with Crippen molar-refractivity contribution in [1.29, 1.82) is 0 Å². The molecule has 0 aromatic heterocycles. The summed E-state index contributed by atoms with van der Waals surface area (Å²) in [5, 5.41) is 8.47. The number of nitrogens with zero attached hydrogens (tertiary/aromatic N) is 2. The van der Waals surface area contributed by atoms with Crippen molar-refractivity contribution in [1.82, 2.24) is 9.80 Å². The molecule has 0 amide bonds. The van der Waals surface area contributed by atoms with Gasteiger partial charge in [-0.1, -0.05) is 30.3 Å². The Bertz CT molecular complexity index is 1220. The molecule has 0 saturated carbocycles. The van der Waals surface area contributed by atoms with Gasteiger partial charge >= 0.3 is 12.1 Å². The van der Waals surface area contributed by atoms with E-state index < -0.39 is 38.8 Å². The molecular weight excluding hydrogens is 493 g/mol. The van der Waals surface area contributed by atoms with Crippen molar-refractivity contribution < 1.29 is 31.5 Å². The number of fused-ring (bicyclic) bond motifs is 1. The average Bonchev–Trinajstić information content (AvgIpc) is 3.28. The molecule has 2 atom stereocenters. The number of benzene rings is 2. The van der Waals surface area contributed by atoms with Crippen LogP contribution in [0.5, 0.6) is 0 Å². The molecule has 1 aliphatic heterocycles. The molecule has 1 saturated heterocycles. The minimum Gasteiger partial charge on any atom is -0.481 e. The molecular formula is C26H29F3N2O4S. The quantitative estimate of drug-likeness (QED) is 0.534. The fourth-order valence-electron chi connectivity index (χ4n) is 5.05. The number of alkyl halides is 3. The number of rotatable bonds is 8. The highest BCUT2D eigenvalue weighted by Gasteiger charge is 2.37. The first kappa shape index (κ1) is 26.4. The van der Waals surface area contributed by atoms with E-state index in [2.05, 4.69) is 11.5 Å². The lowest BCUT2D eigenvalue weighted by Crippen LogP contribution is -2.52. The molecule has 2 aromatic rings. The molecule has 6 nitrogen and oxygen atoms in total. The monoisotopic (exact) mass is 522 g/mol. The highest BCUT2D eigenvalue weighted by Crippen LogP contribution is 2.34. The van der Waals surface area contributed by atoms with Gasteiger partial charge in [-0.25, -0.2) is 8.42 Å². The summed E-state index contributed by atoms with van der Waals surface area (Å²) in [5.74, 6) is -1.55. The molecule has 2 aliphatic rings. The van der Waals surface area contributed by atoms with Gasteiger partial charge in [-0.05, 0) is 54.2 Å². The molecule has 36 heavy (non-hydrogen) atoms. The van der Waals surface area contributed by atoms with Gasteiger partial charge < -0.3 is 10.0 Å². The van der Waals surface area contributed by atoms with Crippen molar-refractivity contribution in [2.45, 2.75) is 35.7 Å². The number of hydrogen-bond donors (Lipinski definition) is 1. The molecule has 1 heterocycles. The van der Waals surface area contributed by atoms with E-state index in [0.717, 1.165) is 23.3 Å². The molecule has 0 spiro atoms. The van der Waals surface area contributed by atoms with Gasteiger partial charge in [-0.15, -0.1) is 6.58 Å². The smallest absolute Gasteiger partial charge is 0.416 e. The molecule has 0 radical (unpaired) electrons. The van der Waals surface area contributed by atoms with E-state index in [0.29, 0.717) is 51.1 Å². The normalized spacial score (nSPS) is 20.1. The molecule has 1 N–H and O–H groups in total. The van der Waals surface area contributed by atoms with E-state index in [9.17, 15) is 31.5 Å². The van der Waals surface area contributed by atoms with Gasteiger partial charge in [-0.3, -0.25) is 9.69 Å². The Morgan fingerprint density at radius 1 is 1.08 bits per heavy atom. The van der Waals surface area contributed by atoms with Crippen molar-refractivity contribution in [2.75, 3.05) is 32.7 Å². The van der Waals surface area contributed by atoms with Gasteiger partial charge in [0, 0.05) is 32.7 Å². The van der Waals surface area contributed by atoms with Crippen LogP contribution in [0, 0.1) is 5.92 Å². The third kappa shape index (κ3) is 5.50. The summed E-state index contributed by atoms with van der Waals surface area (Å²) < 4.78 is 65.5. The van der Waals surface area contributed by atoms with Crippen LogP contribution in [-0.4, -0.2) is 67.4 Å². The topological polar surface area (TPSA) is 77.9 Å². The molecule has 10 heteroatoms. The Morgan fingerprint density at radius 3 is 2.33 bits per heavy atom. The summed E-state index contributed by atoms with van der Waals surface area (Å²) in [6, 6.07) is 10.2. The summed E-state index contributed by atoms with van der Waals surface area (Å²) in [6.45, 7) is 6.67. The first-order chi connectivity index (χ1) is 17.0. The third-order valence-corrected chi connectivity index (χ3v) is 9.21. The second kappa shape index (κ2) is 10.4. The number of carboxylic acid groups (broad SMARTS) is 1. The lowest BCUT2D eigenvalue weighted by molar-refractivity contribution is -0.141. The highest BCUT2D eigenvalue weighted by atomic mass is 32.2. The summed E-state index contributed by atoms with van der Waals surface area (Å²) >= 11 is 0. The average molecular weight is 523 g/mol. The number of sulfone groups is 1. The van der Waals surface area contributed by atoms with E-state index >= 15 is 0 Å². The number of aliphatic carboxylic acids is 1. The van der Waals surface area contributed by atoms with Crippen molar-refractivity contribution >= 4 is 15.8 Å². The number of carboxylic acids is 1. The molecule has 1 fully saturated rings. The van der Waals surface area contributed by atoms with Gasteiger partial charge in [0.25, 0.3) is 0 Å². The largest absolute Gasteiger partial charge is 0.481 e. The summed E-state index contributed by atoms with van der Waals surface area (Å²) in [6.07, 6.45) is -1.81. The standard InChI is InChI=1S/C26H29F3N2O4S/c1-2-24(36(34,35)23-5-3-4-19-16-20(25(32)33)17-22(19)23)31-14-12-30(13-15-31)11-10-18-6-8-21(9-7-18)26(27,28)29/h2-9,20,24H,1,10-17H2,(H,32,33). The lowest BCUT2D eigenvalue weighted by atomic mass is 10.1. The summed E-state index contributed by atoms with van der Waals surface area (Å²) in [5.41, 5.74) is 1.50. The van der Waals surface area contributed by atoms with Crippen LogP contribution in [0.15, 0.2) is 60.0 Å². The maximum absolute atomic E-state index is 13.6. The van der Waals surface area contributed by atoms with Gasteiger partial charge in [0.1, 0.15) is 5.37 Å². The lowest BCUT2D eigenvalue weighted by Gasteiger charge is -2.38. The van der Waals surface area contributed by atoms with E-state index in [1.54, 1.807) is 18.2 Å². The van der Waals surface area contributed by atoms with Crippen LogP contribution in [-0.2, 0) is 40.1 Å². The van der Waals surface area contributed by atoms with E-state index in [-0.39, 0.29) is 11.3 Å². The Morgan fingerprint density at radius 2 is 1.75 bits per heavy atom. The SMILES string of the molecule is C=CC(N1CCN(CCc2ccc(C(F)(F)F)cc2)CC1)S(=O)(=O)c1cccc2c1CC(C(=O)O)C2. The molecule has 4 rings (SSSR count). The van der Waals surface area contributed by atoms with Crippen molar-refractivity contribution in [3.05, 3.63) is 77.4 Å². The van der Waals surface area contributed by atoms with Gasteiger partial charge in [0.15, 0.2) is 9.84 Å². The predicted molar refractivity (Wildman–Crippen MR) is 129 cm³/mol. The minimum absolute atomic E-state index is 0.179. The Balaban J connectivity index is 1.38. The minimum atomic E-state index is -4.35. The second-order valence-electron chi connectivity index (χ2n) is 9.33. The third-order valence-electron chi connectivity index (χ3n) is 7.09. The van der Waals surface area contributed by atoms with E-state index in [4.69, 9.17) is 0 Å². The summed E-state index contributed by atoms with van der Waals surface area (Å²) in [4.78, 5) is 15.7. The first-order valence-corrected chi connectivity index (χ1v) is 13.4. The van der Waals surface area contributed by atoms with Gasteiger partial charge in [-0.2, -0.15) is 13.2 Å².